The van der Waals surface area contributed by atoms with E-state index in [0.717, 1.165) is 39.4 Å². The zero-order valence-corrected chi connectivity index (χ0v) is 27.0. The Balaban J connectivity index is 0.000000154. The van der Waals surface area contributed by atoms with Crippen LogP contribution in [0.25, 0.3) is 44.8 Å². The van der Waals surface area contributed by atoms with Crippen LogP contribution in [-0.2, 0) is 0 Å². The average molecular weight is 663 g/mol. The molecule has 0 aliphatic carbocycles. The molecule has 2 aliphatic heterocycles. The van der Waals surface area contributed by atoms with Crippen molar-refractivity contribution < 1.29 is 39.4 Å². The quantitative estimate of drug-likeness (QED) is 0.118. The third-order valence-corrected chi connectivity index (χ3v) is 8.42. The molecule has 4 heterocycles. The molecule has 8 rings (SSSR count). The van der Waals surface area contributed by atoms with Gasteiger partial charge in [-0.15, -0.1) is 0 Å². The minimum absolute atomic E-state index is 0.0128. The summed E-state index contributed by atoms with van der Waals surface area (Å²) in [4.78, 5) is 0. The number of rotatable bonds is 4. The molecule has 0 amide bonds. The van der Waals surface area contributed by atoms with E-state index in [1.165, 1.54) is 12.1 Å². The van der Waals surface area contributed by atoms with E-state index in [4.69, 9.17) is 18.9 Å². The molecule has 0 unspecified atom stereocenters. The van der Waals surface area contributed by atoms with Gasteiger partial charge in [0.25, 0.3) is 0 Å². The number of aryl methyl sites for hydroxylation is 3. The fourth-order valence-corrected chi connectivity index (χ4v) is 5.86. The third kappa shape index (κ3) is 6.00. The zero-order valence-electron chi connectivity index (χ0n) is 27.0. The zero-order chi connectivity index (χ0) is 34.2. The fourth-order valence-electron chi connectivity index (χ4n) is 5.86. The molecule has 0 bridgehead atoms. The normalized spacial score (nSPS) is 13.0. The number of nitrogens with one attached hydrogen (secondary N) is 2. The second kappa shape index (κ2) is 12.7. The number of aromatic amines is 2. The maximum absolute atomic E-state index is 10.3. The molecule has 0 radical (unpaired) electrons. The molecule has 49 heavy (non-hydrogen) atoms. The van der Waals surface area contributed by atoms with Crippen LogP contribution in [0.4, 0.5) is 0 Å². The number of aromatic hydroxyl groups is 4. The molecule has 6 aromatic rings. The number of H-pyrrole nitrogens is 2. The van der Waals surface area contributed by atoms with Gasteiger partial charge in [-0.3, -0.25) is 10.2 Å². The van der Waals surface area contributed by atoms with Gasteiger partial charge in [0, 0.05) is 40.1 Å². The first-order chi connectivity index (χ1) is 23.7. The van der Waals surface area contributed by atoms with Gasteiger partial charge in [-0.2, -0.15) is 10.2 Å². The molecule has 12 nitrogen and oxygen atoms in total. The van der Waals surface area contributed by atoms with Gasteiger partial charge in [-0.1, -0.05) is 12.1 Å². The number of nitrogens with zero attached hydrogens (tertiary/aromatic N) is 2. The lowest BCUT2D eigenvalue weighted by atomic mass is 9.97. The van der Waals surface area contributed by atoms with Gasteiger partial charge < -0.3 is 39.4 Å². The second-order valence-electron chi connectivity index (χ2n) is 11.8. The van der Waals surface area contributed by atoms with Crippen molar-refractivity contribution in [3.05, 3.63) is 83.7 Å². The summed E-state index contributed by atoms with van der Waals surface area (Å²) in [6.07, 6.45) is 1.70. The van der Waals surface area contributed by atoms with Gasteiger partial charge in [-0.05, 0) is 79.4 Å². The number of hydrogen-bond donors (Lipinski definition) is 6. The molecule has 0 saturated carbocycles. The number of hydrogen-bond acceptors (Lipinski definition) is 10. The van der Waals surface area contributed by atoms with Crippen molar-refractivity contribution in [3.8, 4) is 90.8 Å². The molecule has 0 fully saturated rings. The van der Waals surface area contributed by atoms with Crippen molar-refractivity contribution in [2.75, 3.05) is 26.4 Å². The highest BCUT2D eigenvalue weighted by molar-refractivity contribution is 5.87. The number of fused-ring (bicyclic) bond motifs is 2. The van der Waals surface area contributed by atoms with E-state index in [2.05, 4.69) is 20.4 Å². The first-order valence-corrected chi connectivity index (χ1v) is 15.6. The first kappa shape index (κ1) is 31.3. The van der Waals surface area contributed by atoms with Crippen LogP contribution < -0.4 is 18.9 Å². The molecule has 2 aromatic heterocycles. The highest BCUT2D eigenvalue weighted by Gasteiger charge is 2.21. The number of phenolic OH excluding ortho intramolecular Hbond substituents is 4. The van der Waals surface area contributed by atoms with Crippen LogP contribution in [0.2, 0.25) is 0 Å². The summed E-state index contributed by atoms with van der Waals surface area (Å²) in [5.74, 6) is 2.90. The van der Waals surface area contributed by atoms with Crippen LogP contribution in [0.1, 0.15) is 16.8 Å². The summed E-state index contributed by atoms with van der Waals surface area (Å²) in [5.41, 5.74) is 8.15. The molecule has 250 valence electrons. The summed E-state index contributed by atoms with van der Waals surface area (Å²) in [6.45, 7) is 7.61. The Morgan fingerprint density at radius 3 is 1.71 bits per heavy atom. The standard InChI is InChI=1S/C19H18N2O4.C18H16N2O4/c1-10-7-13(15(23)9-14(10)22)19-18(11(2)20-21-19)12-3-4-16-17(8-12)25-6-5-24-16;1-10-6-12(15(22)8-14(10)21)18-13(9-19-20-18)11-2-3-16-17(7-11)24-5-4-23-16/h3-4,7-9,22-23H,5-6H2,1-2H3,(H,20,21);2-3,6-9,21-22H,4-5H2,1H3,(H,19,20). The molecule has 4 aromatic carbocycles. The minimum Gasteiger partial charge on any atom is -0.508 e. The Morgan fingerprint density at radius 2 is 1.08 bits per heavy atom. The van der Waals surface area contributed by atoms with Gasteiger partial charge in [0.1, 0.15) is 55.1 Å². The Bertz CT molecular complexity index is 2190. The summed E-state index contributed by atoms with van der Waals surface area (Å²) in [7, 11) is 0. The Hall–Kier alpha value is -6.30. The first-order valence-electron chi connectivity index (χ1n) is 15.6. The van der Waals surface area contributed by atoms with Crippen LogP contribution in [0.15, 0.2) is 66.9 Å². The minimum atomic E-state index is -0.0200. The van der Waals surface area contributed by atoms with Gasteiger partial charge in [0.2, 0.25) is 0 Å². The van der Waals surface area contributed by atoms with E-state index in [1.54, 1.807) is 32.2 Å². The lowest BCUT2D eigenvalue weighted by Crippen LogP contribution is -2.15. The summed E-state index contributed by atoms with van der Waals surface area (Å²) in [6, 6.07) is 17.5. The number of benzene rings is 4. The highest BCUT2D eigenvalue weighted by Crippen LogP contribution is 2.43. The summed E-state index contributed by atoms with van der Waals surface area (Å²) >= 11 is 0. The molecule has 0 atom stereocenters. The maximum Gasteiger partial charge on any atom is 0.161 e. The van der Waals surface area contributed by atoms with Crippen molar-refractivity contribution in [2.24, 2.45) is 0 Å². The third-order valence-electron chi connectivity index (χ3n) is 8.42. The molecular weight excluding hydrogens is 628 g/mol. The molecule has 6 N–H and O–H groups in total. The summed E-state index contributed by atoms with van der Waals surface area (Å²) < 4.78 is 22.4. The Labute approximate surface area is 281 Å². The van der Waals surface area contributed by atoms with Gasteiger partial charge >= 0.3 is 0 Å². The smallest absolute Gasteiger partial charge is 0.161 e. The van der Waals surface area contributed by atoms with Crippen LogP contribution in [-0.4, -0.2) is 67.2 Å². The lowest BCUT2D eigenvalue weighted by Gasteiger charge is -2.19. The van der Waals surface area contributed by atoms with Crippen LogP contribution >= 0.6 is 0 Å². The van der Waals surface area contributed by atoms with Crippen LogP contribution in [0.3, 0.4) is 0 Å². The largest absolute Gasteiger partial charge is 0.508 e. The lowest BCUT2D eigenvalue weighted by molar-refractivity contribution is 0.171. The predicted molar refractivity (Wildman–Crippen MR) is 182 cm³/mol. The van der Waals surface area contributed by atoms with Crippen molar-refractivity contribution in [3.63, 3.8) is 0 Å². The number of ether oxygens (including phenoxy) is 4. The van der Waals surface area contributed by atoms with Crippen LogP contribution in [0.5, 0.6) is 46.0 Å². The van der Waals surface area contributed by atoms with Crippen molar-refractivity contribution >= 4 is 0 Å². The van der Waals surface area contributed by atoms with Gasteiger partial charge in [0.05, 0.1) is 11.9 Å². The second-order valence-corrected chi connectivity index (χ2v) is 11.8. The van der Waals surface area contributed by atoms with E-state index in [9.17, 15) is 20.4 Å². The van der Waals surface area contributed by atoms with Crippen molar-refractivity contribution in [2.45, 2.75) is 20.8 Å². The van der Waals surface area contributed by atoms with E-state index in [1.807, 2.05) is 43.3 Å². The van der Waals surface area contributed by atoms with Gasteiger partial charge in [0.15, 0.2) is 23.0 Å². The average Bonchev–Trinajstić information content (AvgIpc) is 3.75. The van der Waals surface area contributed by atoms with Crippen LogP contribution in [0, 0.1) is 20.8 Å². The SMILES string of the molecule is Cc1cc(-c2[nH]ncc2-c2ccc3c(c2)OCCO3)c(O)cc1O.Cc1cc(-c2n[nH]c(C)c2-c2ccc3c(c2)OCCO3)c(O)cc1O. The fraction of sp³-hybridized carbons (Fsp3) is 0.189. The van der Waals surface area contributed by atoms with E-state index >= 15 is 0 Å². The maximum atomic E-state index is 10.3. The van der Waals surface area contributed by atoms with Crippen molar-refractivity contribution in [1.29, 1.82) is 0 Å². The van der Waals surface area contributed by atoms with Crippen molar-refractivity contribution in [1.82, 2.24) is 20.4 Å². The van der Waals surface area contributed by atoms with E-state index in [-0.39, 0.29) is 23.0 Å². The molecule has 12 heteroatoms. The molecule has 0 spiro atoms. The van der Waals surface area contributed by atoms with E-state index < -0.39 is 0 Å². The van der Waals surface area contributed by atoms with E-state index in [0.29, 0.717) is 71.6 Å². The number of phenols is 4. The molecular formula is C37H34N4O8. The monoisotopic (exact) mass is 662 g/mol. The number of aromatic nitrogens is 4. The topological polar surface area (TPSA) is 175 Å². The Morgan fingerprint density at radius 1 is 0.551 bits per heavy atom. The Kier molecular flexibility index (Phi) is 8.13. The molecule has 0 saturated heterocycles. The predicted octanol–water partition coefficient (Wildman–Crippen LogP) is 6.78. The highest BCUT2D eigenvalue weighted by atomic mass is 16.6. The molecule has 2 aliphatic rings. The summed E-state index contributed by atoms with van der Waals surface area (Å²) in [5, 5.41) is 54.4. The van der Waals surface area contributed by atoms with Gasteiger partial charge in [-0.25, -0.2) is 0 Å².